The first-order valence-electron chi connectivity index (χ1n) is 8.53. The van der Waals surface area contributed by atoms with E-state index in [-0.39, 0.29) is 29.8 Å². The fraction of sp³-hybridized carbons (Fsp3) is 0.333. The van der Waals surface area contributed by atoms with Gasteiger partial charge in [0.2, 0.25) is 15.9 Å². The van der Waals surface area contributed by atoms with Crippen molar-refractivity contribution >= 4 is 21.6 Å². The van der Waals surface area contributed by atoms with Gasteiger partial charge in [0.15, 0.2) is 0 Å². The molecule has 1 atom stereocenters. The summed E-state index contributed by atoms with van der Waals surface area (Å²) in [6.07, 6.45) is 5.65. The van der Waals surface area contributed by atoms with E-state index in [0.29, 0.717) is 0 Å². The molecular formula is C18H22N4O3S. The number of pyridine rings is 1. The largest absolute Gasteiger partial charge is 0.399 e. The van der Waals surface area contributed by atoms with Crippen LogP contribution in [0.2, 0.25) is 0 Å². The van der Waals surface area contributed by atoms with Crippen LogP contribution in [0, 0.1) is 0 Å². The topological polar surface area (TPSA) is 114 Å². The molecule has 0 bridgehead atoms. The molecule has 3 rings (SSSR count). The van der Waals surface area contributed by atoms with Gasteiger partial charge in [0.05, 0.1) is 6.04 Å². The molecule has 0 saturated carbocycles. The minimum Gasteiger partial charge on any atom is -0.399 e. The fourth-order valence-electron chi connectivity index (χ4n) is 3.14. The summed E-state index contributed by atoms with van der Waals surface area (Å²) < 4.78 is 26.6. The smallest absolute Gasteiger partial charge is 0.242 e. The van der Waals surface area contributed by atoms with Crippen molar-refractivity contribution in [3.8, 4) is 0 Å². The highest BCUT2D eigenvalue weighted by atomic mass is 32.2. The van der Waals surface area contributed by atoms with E-state index in [1.165, 1.54) is 24.0 Å². The van der Waals surface area contributed by atoms with E-state index in [9.17, 15) is 13.2 Å². The normalized spacial score (nSPS) is 16.7. The summed E-state index contributed by atoms with van der Waals surface area (Å²) in [6, 6.07) is 8.71. The average Bonchev–Trinajstić information content (AvgIpc) is 2.62. The van der Waals surface area contributed by atoms with Crippen LogP contribution in [-0.4, -0.2) is 25.9 Å². The molecule has 1 aliphatic carbocycles. The SMILES string of the molecule is Nc1ccc2c(c1)CCCC2NC(=O)CCNS(=O)(=O)c1cccnc1. The predicted molar refractivity (Wildman–Crippen MR) is 98.7 cm³/mol. The molecule has 1 aliphatic rings. The minimum atomic E-state index is -3.65. The predicted octanol–water partition coefficient (Wildman–Crippen LogP) is 1.53. The molecule has 4 N–H and O–H groups in total. The number of rotatable bonds is 6. The van der Waals surface area contributed by atoms with Crippen molar-refractivity contribution < 1.29 is 13.2 Å². The van der Waals surface area contributed by atoms with Gasteiger partial charge >= 0.3 is 0 Å². The number of hydrogen-bond donors (Lipinski definition) is 3. The lowest BCUT2D eigenvalue weighted by Gasteiger charge is -2.26. The Morgan fingerprint density at radius 1 is 1.31 bits per heavy atom. The summed E-state index contributed by atoms with van der Waals surface area (Å²) in [5.74, 6) is -0.187. The highest BCUT2D eigenvalue weighted by Crippen LogP contribution is 2.30. The van der Waals surface area contributed by atoms with E-state index in [1.807, 2.05) is 18.2 Å². The molecule has 1 heterocycles. The minimum absolute atomic E-state index is 0.0321. The van der Waals surface area contributed by atoms with E-state index in [1.54, 1.807) is 6.07 Å². The number of aryl methyl sites for hydroxylation is 1. The highest BCUT2D eigenvalue weighted by molar-refractivity contribution is 7.89. The number of nitrogen functional groups attached to an aromatic ring is 1. The molecule has 26 heavy (non-hydrogen) atoms. The van der Waals surface area contributed by atoms with Gasteiger partial charge in [-0.1, -0.05) is 6.07 Å². The van der Waals surface area contributed by atoms with Gasteiger partial charge in [0.1, 0.15) is 4.90 Å². The molecule has 2 aromatic rings. The number of benzene rings is 1. The van der Waals surface area contributed by atoms with Crippen molar-refractivity contribution in [3.05, 3.63) is 53.9 Å². The number of sulfonamides is 1. The number of nitrogens with zero attached hydrogens (tertiary/aromatic N) is 1. The maximum absolute atomic E-state index is 12.2. The van der Waals surface area contributed by atoms with E-state index in [2.05, 4.69) is 15.0 Å². The van der Waals surface area contributed by atoms with Crippen LogP contribution in [0.25, 0.3) is 0 Å². The Labute approximate surface area is 153 Å². The second-order valence-electron chi connectivity index (χ2n) is 6.31. The second-order valence-corrected chi connectivity index (χ2v) is 8.07. The molecule has 8 heteroatoms. The Morgan fingerprint density at radius 2 is 2.15 bits per heavy atom. The Bertz CT molecular complexity index is 885. The van der Waals surface area contributed by atoms with E-state index >= 15 is 0 Å². The van der Waals surface area contributed by atoms with Crippen LogP contribution >= 0.6 is 0 Å². The number of aromatic nitrogens is 1. The Balaban J connectivity index is 1.54. The molecule has 0 aliphatic heterocycles. The molecule has 0 radical (unpaired) electrons. The van der Waals surface area contributed by atoms with Crippen molar-refractivity contribution in [1.82, 2.24) is 15.0 Å². The third kappa shape index (κ3) is 4.39. The van der Waals surface area contributed by atoms with Crippen LogP contribution in [0.1, 0.15) is 36.4 Å². The summed E-state index contributed by atoms with van der Waals surface area (Å²) in [6.45, 7) is 0.0321. The van der Waals surface area contributed by atoms with Crippen LogP contribution < -0.4 is 15.8 Å². The molecule has 1 aromatic carbocycles. The van der Waals surface area contributed by atoms with Gasteiger partial charge in [-0.05, 0) is 54.7 Å². The van der Waals surface area contributed by atoms with E-state index in [0.717, 1.165) is 30.5 Å². The number of anilines is 1. The molecule has 0 spiro atoms. The molecule has 0 fully saturated rings. The van der Waals surface area contributed by atoms with Crippen molar-refractivity contribution in [2.24, 2.45) is 0 Å². The lowest BCUT2D eigenvalue weighted by molar-refractivity contribution is -0.121. The Morgan fingerprint density at radius 3 is 2.92 bits per heavy atom. The first-order valence-corrected chi connectivity index (χ1v) is 10.0. The number of nitrogens with one attached hydrogen (secondary N) is 2. The summed E-state index contributed by atoms with van der Waals surface area (Å²) in [7, 11) is -3.65. The van der Waals surface area contributed by atoms with Crippen LogP contribution in [0.4, 0.5) is 5.69 Å². The Kier molecular flexibility index (Phi) is 5.53. The van der Waals surface area contributed by atoms with E-state index < -0.39 is 10.0 Å². The molecule has 138 valence electrons. The number of carbonyl (C=O) groups is 1. The molecule has 0 saturated heterocycles. The first kappa shape index (κ1) is 18.3. The number of fused-ring (bicyclic) bond motifs is 1. The lowest BCUT2D eigenvalue weighted by atomic mass is 9.87. The molecule has 7 nitrogen and oxygen atoms in total. The standard InChI is InChI=1S/C18H22N4O3S/c19-14-6-7-16-13(11-14)3-1-5-17(16)22-18(23)8-10-21-26(24,25)15-4-2-9-20-12-15/h2,4,6-7,9,11-12,17,21H,1,3,5,8,10,19H2,(H,22,23). The first-order chi connectivity index (χ1) is 12.5. The number of hydrogen-bond acceptors (Lipinski definition) is 5. The van der Waals surface area contributed by atoms with Crippen LogP contribution in [0.5, 0.6) is 0 Å². The average molecular weight is 374 g/mol. The van der Waals surface area contributed by atoms with Gasteiger partial charge in [0.25, 0.3) is 0 Å². The number of carbonyl (C=O) groups excluding carboxylic acids is 1. The maximum Gasteiger partial charge on any atom is 0.242 e. The summed E-state index contributed by atoms with van der Waals surface area (Å²) >= 11 is 0. The van der Waals surface area contributed by atoms with Crippen LogP contribution in [0.15, 0.2) is 47.6 Å². The molecule has 1 amide bonds. The van der Waals surface area contributed by atoms with Gasteiger partial charge in [-0.3, -0.25) is 9.78 Å². The summed E-state index contributed by atoms with van der Waals surface area (Å²) in [5, 5.41) is 2.99. The lowest BCUT2D eigenvalue weighted by Crippen LogP contribution is -2.34. The summed E-state index contributed by atoms with van der Waals surface area (Å²) in [5.41, 5.74) is 8.81. The molecule has 1 unspecified atom stereocenters. The fourth-order valence-corrected chi connectivity index (χ4v) is 4.13. The van der Waals surface area contributed by atoms with Gasteiger partial charge in [0, 0.05) is 31.0 Å². The van der Waals surface area contributed by atoms with Crippen molar-refractivity contribution in [3.63, 3.8) is 0 Å². The zero-order valence-corrected chi connectivity index (χ0v) is 15.1. The molecular weight excluding hydrogens is 352 g/mol. The van der Waals surface area contributed by atoms with Crippen molar-refractivity contribution in [1.29, 1.82) is 0 Å². The zero-order chi connectivity index (χ0) is 18.6. The molecule has 1 aromatic heterocycles. The third-order valence-corrected chi connectivity index (χ3v) is 5.85. The zero-order valence-electron chi connectivity index (χ0n) is 14.3. The van der Waals surface area contributed by atoms with Crippen molar-refractivity contribution in [2.75, 3.05) is 12.3 Å². The highest BCUT2D eigenvalue weighted by Gasteiger charge is 2.22. The second kappa shape index (κ2) is 7.84. The third-order valence-electron chi connectivity index (χ3n) is 4.41. The van der Waals surface area contributed by atoms with Crippen LogP contribution in [0.3, 0.4) is 0 Å². The summed E-state index contributed by atoms with van der Waals surface area (Å²) in [4.78, 5) is 16.1. The van der Waals surface area contributed by atoms with Gasteiger partial charge in [-0.15, -0.1) is 0 Å². The number of nitrogens with two attached hydrogens (primary N) is 1. The maximum atomic E-state index is 12.2. The Hall–Kier alpha value is -2.45. The van der Waals surface area contributed by atoms with Crippen LogP contribution in [-0.2, 0) is 21.2 Å². The number of amides is 1. The van der Waals surface area contributed by atoms with Crippen molar-refractivity contribution in [2.45, 2.75) is 36.6 Å². The monoisotopic (exact) mass is 374 g/mol. The van der Waals surface area contributed by atoms with Gasteiger partial charge in [-0.25, -0.2) is 13.1 Å². The van der Waals surface area contributed by atoms with Gasteiger partial charge in [-0.2, -0.15) is 0 Å². The quantitative estimate of drug-likeness (QED) is 0.664. The van der Waals surface area contributed by atoms with Gasteiger partial charge < -0.3 is 11.1 Å². The van der Waals surface area contributed by atoms with E-state index in [4.69, 9.17) is 5.73 Å².